The molecule has 2 amide bonds. The standard InChI is InChI=1S/C15H16F2N4O3S/c1-3-11-19-20-15(21(11)2)25-8-12(22)18-13(23)9-4-6-10(7-5-9)24-14(16)17/h4-7,14H,3,8H2,1-2H3,(H,18,22,23). The van der Waals surface area contributed by atoms with Crippen molar-refractivity contribution in [3.8, 4) is 5.75 Å². The highest BCUT2D eigenvalue weighted by Gasteiger charge is 2.14. The molecule has 2 rings (SSSR count). The summed E-state index contributed by atoms with van der Waals surface area (Å²) < 4.78 is 30.1. The molecule has 0 aliphatic heterocycles. The lowest BCUT2D eigenvalue weighted by atomic mass is 10.2. The molecular formula is C15H16F2N4O3S. The van der Waals surface area contributed by atoms with Gasteiger partial charge in [-0.3, -0.25) is 14.9 Å². The summed E-state index contributed by atoms with van der Waals surface area (Å²) in [7, 11) is 1.80. The number of benzene rings is 1. The predicted octanol–water partition coefficient (Wildman–Crippen LogP) is 2.03. The maximum Gasteiger partial charge on any atom is 0.387 e. The van der Waals surface area contributed by atoms with Crippen LogP contribution in [0, 0.1) is 0 Å². The molecule has 0 fully saturated rings. The topological polar surface area (TPSA) is 86.1 Å². The molecule has 134 valence electrons. The first-order valence-corrected chi connectivity index (χ1v) is 8.29. The molecule has 1 N–H and O–H groups in total. The van der Waals surface area contributed by atoms with Crippen molar-refractivity contribution in [2.24, 2.45) is 7.05 Å². The number of hydrogen-bond donors (Lipinski definition) is 1. The van der Waals surface area contributed by atoms with Crippen molar-refractivity contribution in [1.82, 2.24) is 20.1 Å². The van der Waals surface area contributed by atoms with Crippen LogP contribution >= 0.6 is 11.8 Å². The number of halogens is 2. The maximum absolute atomic E-state index is 12.1. The van der Waals surface area contributed by atoms with Gasteiger partial charge in [0.1, 0.15) is 11.6 Å². The molecule has 0 bridgehead atoms. The van der Waals surface area contributed by atoms with Gasteiger partial charge in [0.25, 0.3) is 5.91 Å². The lowest BCUT2D eigenvalue weighted by molar-refractivity contribution is -0.117. The van der Waals surface area contributed by atoms with Crippen LogP contribution in [0.15, 0.2) is 29.4 Å². The maximum atomic E-state index is 12.1. The highest BCUT2D eigenvalue weighted by molar-refractivity contribution is 7.99. The molecule has 0 saturated heterocycles. The number of nitrogens with one attached hydrogen (secondary N) is 1. The van der Waals surface area contributed by atoms with Crippen LogP contribution in [-0.4, -0.2) is 38.9 Å². The Balaban J connectivity index is 1.87. The number of nitrogens with zero attached hydrogens (tertiary/aromatic N) is 3. The second-order valence-electron chi connectivity index (χ2n) is 4.88. The average Bonchev–Trinajstić information content (AvgIpc) is 2.93. The van der Waals surface area contributed by atoms with Crippen molar-refractivity contribution in [1.29, 1.82) is 0 Å². The summed E-state index contributed by atoms with van der Waals surface area (Å²) >= 11 is 1.16. The molecule has 0 spiro atoms. The van der Waals surface area contributed by atoms with Gasteiger partial charge in [0.2, 0.25) is 5.91 Å². The lowest BCUT2D eigenvalue weighted by Crippen LogP contribution is -2.31. The van der Waals surface area contributed by atoms with Gasteiger partial charge in [-0.2, -0.15) is 8.78 Å². The summed E-state index contributed by atoms with van der Waals surface area (Å²) in [4.78, 5) is 23.8. The van der Waals surface area contributed by atoms with Gasteiger partial charge in [-0.15, -0.1) is 10.2 Å². The number of alkyl halides is 2. The van der Waals surface area contributed by atoms with E-state index in [9.17, 15) is 18.4 Å². The van der Waals surface area contributed by atoms with Crippen LogP contribution in [0.3, 0.4) is 0 Å². The van der Waals surface area contributed by atoms with Crippen molar-refractivity contribution in [2.45, 2.75) is 25.1 Å². The van der Waals surface area contributed by atoms with Crippen molar-refractivity contribution in [2.75, 3.05) is 5.75 Å². The summed E-state index contributed by atoms with van der Waals surface area (Å²) in [5.41, 5.74) is 0.159. The van der Waals surface area contributed by atoms with E-state index in [0.29, 0.717) is 5.16 Å². The van der Waals surface area contributed by atoms with Crippen LogP contribution in [0.2, 0.25) is 0 Å². The van der Waals surface area contributed by atoms with E-state index in [0.717, 1.165) is 24.0 Å². The number of carbonyl (C=O) groups is 2. The SMILES string of the molecule is CCc1nnc(SCC(=O)NC(=O)c2ccc(OC(F)F)cc2)n1C. The van der Waals surface area contributed by atoms with E-state index in [1.165, 1.54) is 24.3 Å². The number of amides is 2. The lowest BCUT2D eigenvalue weighted by Gasteiger charge is -2.06. The number of ether oxygens (including phenoxy) is 1. The predicted molar refractivity (Wildman–Crippen MR) is 86.7 cm³/mol. The average molecular weight is 370 g/mol. The third-order valence-electron chi connectivity index (χ3n) is 3.17. The van der Waals surface area contributed by atoms with Gasteiger partial charge in [-0.05, 0) is 24.3 Å². The van der Waals surface area contributed by atoms with Gasteiger partial charge in [0.05, 0.1) is 5.75 Å². The molecule has 0 aliphatic carbocycles. The fourth-order valence-electron chi connectivity index (χ4n) is 1.93. The van der Waals surface area contributed by atoms with Crippen molar-refractivity contribution in [3.63, 3.8) is 0 Å². The Hall–Kier alpha value is -2.49. The molecular weight excluding hydrogens is 354 g/mol. The molecule has 10 heteroatoms. The highest BCUT2D eigenvalue weighted by atomic mass is 32.2. The smallest absolute Gasteiger partial charge is 0.387 e. The zero-order valence-electron chi connectivity index (χ0n) is 13.5. The second-order valence-corrected chi connectivity index (χ2v) is 5.82. The molecule has 7 nitrogen and oxygen atoms in total. The number of hydrogen-bond acceptors (Lipinski definition) is 6. The first-order valence-electron chi connectivity index (χ1n) is 7.30. The van der Waals surface area contributed by atoms with Crippen molar-refractivity contribution < 1.29 is 23.1 Å². The Morgan fingerprint density at radius 2 is 1.96 bits per heavy atom. The van der Waals surface area contributed by atoms with E-state index in [1.807, 2.05) is 6.92 Å². The Kier molecular flexibility index (Phi) is 6.45. The molecule has 0 radical (unpaired) electrons. The van der Waals surface area contributed by atoms with Crippen LogP contribution in [0.1, 0.15) is 23.1 Å². The highest BCUT2D eigenvalue weighted by Crippen LogP contribution is 2.16. The number of aryl methyl sites for hydroxylation is 1. The van der Waals surface area contributed by atoms with E-state index in [4.69, 9.17) is 0 Å². The minimum atomic E-state index is -2.94. The number of carbonyl (C=O) groups excluding carboxylic acids is 2. The molecule has 1 aromatic heterocycles. The van der Waals surface area contributed by atoms with Gasteiger partial charge in [-0.25, -0.2) is 0 Å². The summed E-state index contributed by atoms with van der Waals surface area (Å²) in [6.45, 7) is -0.992. The van der Waals surface area contributed by atoms with Crippen LogP contribution in [-0.2, 0) is 18.3 Å². The zero-order chi connectivity index (χ0) is 18.4. The fraction of sp³-hybridized carbons (Fsp3) is 0.333. The largest absolute Gasteiger partial charge is 0.435 e. The Labute approximate surface area is 146 Å². The molecule has 0 aliphatic rings. The molecule has 25 heavy (non-hydrogen) atoms. The van der Waals surface area contributed by atoms with E-state index < -0.39 is 18.4 Å². The minimum absolute atomic E-state index is 0.00595. The number of thioether (sulfide) groups is 1. The van der Waals surface area contributed by atoms with E-state index in [1.54, 1.807) is 11.6 Å². The summed E-state index contributed by atoms with van der Waals surface area (Å²) in [5, 5.41) is 10.7. The molecule has 0 unspecified atom stereocenters. The van der Waals surface area contributed by atoms with Crippen molar-refractivity contribution >= 4 is 23.6 Å². The molecule has 0 atom stereocenters. The van der Waals surface area contributed by atoms with Gasteiger partial charge in [-0.1, -0.05) is 18.7 Å². The Morgan fingerprint density at radius 3 is 2.52 bits per heavy atom. The van der Waals surface area contributed by atoms with Crippen LogP contribution in [0.4, 0.5) is 8.78 Å². The van der Waals surface area contributed by atoms with E-state index >= 15 is 0 Å². The van der Waals surface area contributed by atoms with Gasteiger partial charge >= 0.3 is 6.61 Å². The van der Waals surface area contributed by atoms with Gasteiger partial charge < -0.3 is 9.30 Å². The quantitative estimate of drug-likeness (QED) is 0.751. The Bertz CT molecular complexity index is 750. The number of rotatable bonds is 7. The molecule has 2 aromatic rings. The molecule has 1 heterocycles. The summed E-state index contributed by atoms with van der Waals surface area (Å²) in [5.74, 6) is -0.397. The van der Waals surface area contributed by atoms with Gasteiger partial charge in [0.15, 0.2) is 5.16 Å². The third kappa shape index (κ3) is 5.24. The van der Waals surface area contributed by atoms with E-state index in [-0.39, 0.29) is 17.1 Å². The van der Waals surface area contributed by atoms with Crippen LogP contribution in [0.5, 0.6) is 5.75 Å². The third-order valence-corrected chi connectivity index (χ3v) is 4.19. The molecule has 1 aromatic carbocycles. The first kappa shape index (κ1) is 18.8. The van der Waals surface area contributed by atoms with Gasteiger partial charge in [0, 0.05) is 19.0 Å². The van der Waals surface area contributed by atoms with E-state index in [2.05, 4.69) is 20.3 Å². The first-order chi connectivity index (χ1) is 11.9. The monoisotopic (exact) mass is 370 g/mol. The number of imide groups is 1. The normalized spacial score (nSPS) is 10.8. The zero-order valence-corrected chi connectivity index (χ0v) is 14.3. The molecule has 0 saturated carbocycles. The minimum Gasteiger partial charge on any atom is -0.435 e. The van der Waals surface area contributed by atoms with Crippen LogP contribution in [0.25, 0.3) is 0 Å². The summed E-state index contributed by atoms with van der Waals surface area (Å²) in [6.07, 6.45) is 0.722. The second kappa shape index (κ2) is 8.56. The van der Waals surface area contributed by atoms with Crippen molar-refractivity contribution in [3.05, 3.63) is 35.7 Å². The Morgan fingerprint density at radius 1 is 1.28 bits per heavy atom. The van der Waals surface area contributed by atoms with Crippen LogP contribution < -0.4 is 10.1 Å². The summed E-state index contributed by atoms with van der Waals surface area (Å²) in [6, 6.07) is 5.05. The fourth-order valence-corrected chi connectivity index (χ4v) is 2.66. The number of aromatic nitrogens is 3.